The molecule has 1 saturated heterocycles. The van der Waals surface area contributed by atoms with Crippen LogP contribution in [0.25, 0.3) is 0 Å². The number of rotatable bonds is 7. The van der Waals surface area contributed by atoms with Gasteiger partial charge in [-0.05, 0) is 30.2 Å². The first-order valence-electron chi connectivity index (χ1n) is 9.18. The van der Waals surface area contributed by atoms with Gasteiger partial charge in [0.1, 0.15) is 17.8 Å². The van der Waals surface area contributed by atoms with Gasteiger partial charge in [0.25, 0.3) is 5.91 Å². The summed E-state index contributed by atoms with van der Waals surface area (Å²) in [6.45, 7) is -1.55. The molecule has 1 heterocycles. The highest BCUT2D eigenvalue weighted by atomic mass is 19.3. The second-order valence-corrected chi connectivity index (χ2v) is 7.08. The third-order valence-corrected chi connectivity index (χ3v) is 4.91. The molecule has 4 amide bonds. The maximum atomic E-state index is 12.9. The van der Waals surface area contributed by atoms with Crippen LogP contribution in [0.4, 0.5) is 13.6 Å². The maximum Gasteiger partial charge on any atom is 0.387 e. The summed E-state index contributed by atoms with van der Waals surface area (Å²) in [5, 5.41) is 2.65. The number of imide groups is 1. The van der Waals surface area contributed by atoms with Gasteiger partial charge in [-0.2, -0.15) is 8.78 Å². The zero-order valence-corrected chi connectivity index (χ0v) is 16.5. The maximum absolute atomic E-state index is 12.9. The number of carbonyl (C=O) groups excluding carboxylic acids is 3. The molecule has 0 aromatic heterocycles. The Labute approximate surface area is 172 Å². The number of nitrogens with one attached hydrogen (secondary N) is 1. The van der Waals surface area contributed by atoms with Gasteiger partial charge < -0.3 is 15.0 Å². The number of amides is 4. The van der Waals surface area contributed by atoms with Crippen LogP contribution >= 0.6 is 0 Å². The normalized spacial score (nSPS) is 18.5. The Balaban J connectivity index is 1.63. The highest BCUT2D eigenvalue weighted by molar-refractivity contribution is 6.09. The Kier molecular flexibility index (Phi) is 6.00. The summed E-state index contributed by atoms with van der Waals surface area (Å²) in [4.78, 5) is 40.1. The zero-order chi connectivity index (χ0) is 21.9. The first-order valence-corrected chi connectivity index (χ1v) is 9.18. The Morgan fingerprint density at radius 2 is 1.77 bits per heavy atom. The second kappa shape index (κ2) is 8.48. The van der Waals surface area contributed by atoms with Gasteiger partial charge in [-0.1, -0.05) is 42.5 Å². The first-order chi connectivity index (χ1) is 14.2. The lowest BCUT2D eigenvalue weighted by molar-refractivity contribution is -0.138. The van der Waals surface area contributed by atoms with Crippen molar-refractivity contribution >= 4 is 17.8 Å². The molecule has 0 saturated carbocycles. The van der Waals surface area contributed by atoms with Crippen LogP contribution in [0.2, 0.25) is 0 Å². The molecule has 2 aromatic rings. The van der Waals surface area contributed by atoms with Gasteiger partial charge in [0.05, 0.1) is 0 Å². The predicted molar refractivity (Wildman–Crippen MR) is 104 cm³/mol. The standard InChI is InChI=1S/C21H21F2N3O4/c1-21(15-6-4-3-5-7-15)18(28)26(20(29)24-21)13-17(27)25(2)12-14-8-10-16(11-9-14)30-19(22)23/h3-11,19H,12-13H2,1-2H3,(H,24,29)/t21-/m1/s1. The lowest BCUT2D eigenvalue weighted by atomic mass is 9.92. The Hall–Kier alpha value is -3.49. The van der Waals surface area contributed by atoms with Crippen molar-refractivity contribution in [3.8, 4) is 5.75 Å². The van der Waals surface area contributed by atoms with E-state index in [1.54, 1.807) is 49.4 Å². The topological polar surface area (TPSA) is 79.0 Å². The summed E-state index contributed by atoms with van der Waals surface area (Å²) in [7, 11) is 1.53. The molecular formula is C21H21F2N3O4. The minimum atomic E-state index is -2.91. The van der Waals surface area contributed by atoms with Crippen molar-refractivity contribution in [1.82, 2.24) is 15.1 Å². The highest BCUT2D eigenvalue weighted by Gasteiger charge is 2.49. The second-order valence-electron chi connectivity index (χ2n) is 7.08. The van der Waals surface area contributed by atoms with Crippen LogP contribution in [0.5, 0.6) is 5.75 Å². The minimum Gasteiger partial charge on any atom is -0.435 e. The van der Waals surface area contributed by atoms with Gasteiger partial charge in [-0.15, -0.1) is 0 Å². The van der Waals surface area contributed by atoms with Crippen molar-refractivity contribution in [3.05, 3.63) is 65.7 Å². The molecule has 0 radical (unpaired) electrons. The SMILES string of the molecule is CN(Cc1ccc(OC(F)F)cc1)C(=O)CN1C(=O)N[C@](C)(c2ccccc2)C1=O. The Morgan fingerprint density at radius 1 is 1.13 bits per heavy atom. The van der Waals surface area contributed by atoms with Crippen LogP contribution in [-0.4, -0.2) is 47.8 Å². The number of hydrogen-bond donors (Lipinski definition) is 1. The molecule has 158 valence electrons. The van der Waals surface area contributed by atoms with Crippen molar-refractivity contribution in [2.75, 3.05) is 13.6 Å². The van der Waals surface area contributed by atoms with Crippen molar-refractivity contribution in [3.63, 3.8) is 0 Å². The van der Waals surface area contributed by atoms with Crippen molar-refractivity contribution < 1.29 is 27.9 Å². The van der Waals surface area contributed by atoms with Gasteiger partial charge in [0, 0.05) is 13.6 Å². The average molecular weight is 417 g/mol. The third kappa shape index (κ3) is 4.40. The Bertz CT molecular complexity index is 937. The summed E-state index contributed by atoms with van der Waals surface area (Å²) in [5.41, 5.74) is 0.0640. The molecule has 1 aliphatic heterocycles. The molecule has 1 N–H and O–H groups in total. The molecule has 0 bridgehead atoms. The third-order valence-electron chi connectivity index (χ3n) is 4.91. The van der Waals surface area contributed by atoms with E-state index in [-0.39, 0.29) is 12.3 Å². The van der Waals surface area contributed by atoms with Crippen LogP contribution in [0.3, 0.4) is 0 Å². The van der Waals surface area contributed by atoms with Crippen LogP contribution in [-0.2, 0) is 21.7 Å². The highest BCUT2D eigenvalue weighted by Crippen LogP contribution is 2.28. The average Bonchev–Trinajstić information content (AvgIpc) is 2.93. The van der Waals surface area contributed by atoms with E-state index in [2.05, 4.69) is 10.1 Å². The molecule has 7 nitrogen and oxygen atoms in total. The number of carbonyl (C=O) groups is 3. The van der Waals surface area contributed by atoms with Gasteiger partial charge in [-0.25, -0.2) is 4.79 Å². The molecule has 1 fully saturated rings. The van der Waals surface area contributed by atoms with Crippen molar-refractivity contribution in [2.24, 2.45) is 0 Å². The molecule has 0 spiro atoms. The van der Waals surface area contributed by atoms with Crippen LogP contribution in [0, 0.1) is 0 Å². The number of halogens is 2. The molecular weight excluding hydrogens is 396 g/mol. The number of alkyl halides is 2. The van der Waals surface area contributed by atoms with Crippen molar-refractivity contribution in [1.29, 1.82) is 0 Å². The van der Waals surface area contributed by atoms with Gasteiger partial charge in [0.2, 0.25) is 5.91 Å². The lowest BCUT2D eigenvalue weighted by Gasteiger charge is -2.23. The number of likely N-dealkylation sites (N-methyl/N-ethyl adjacent to an activating group) is 1. The summed E-state index contributed by atoms with van der Waals surface area (Å²) in [5.74, 6) is -0.931. The number of nitrogens with zero attached hydrogens (tertiary/aromatic N) is 2. The zero-order valence-electron chi connectivity index (χ0n) is 16.5. The van der Waals surface area contributed by atoms with Crippen molar-refractivity contribution in [2.45, 2.75) is 25.6 Å². The molecule has 0 aliphatic carbocycles. The number of hydrogen-bond acceptors (Lipinski definition) is 4. The van der Waals surface area contributed by atoms with E-state index in [0.717, 1.165) is 4.90 Å². The predicted octanol–water partition coefficient (Wildman–Crippen LogP) is 2.71. The lowest BCUT2D eigenvalue weighted by Crippen LogP contribution is -2.43. The largest absolute Gasteiger partial charge is 0.435 e. The summed E-state index contributed by atoms with van der Waals surface area (Å²) in [6.07, 6.45) is 0. The fourth-order valence-corrected chi connectivity index (χ4v) is 3.20. The molecule has 1 aliphatic rings. The molecule has 0 unspecified atom stereocenters. The Morgan fingerprint density at radius 3 is 2.37 bits per heavy atom. The molecule has 9 heteroatoms. The fourth-order valence-electron chi connectivity index (χ4n) is 3.20. The smallest absolute Gasteiger partial charge is 0.387 e. The fraction of sp³-hybridized carbons (Fsp3) is 0.286. The minimum absolute atomic E-state index is 0.0160. The summed E-state index contributed by atoms with van der Waals surface area (Å²) in [6, 6.07) is 14.0. The first kappa shape index (κ1) is 21.2. The van der Waals surface area contributed by atoms with Gasteiger partial charge in [-0.3, -0.25) is 14.5 Å². The van der Waals surface area contributed by atoms with Gasteiger partial charge in [0.15, 0.2) is 0 Å². The van der Waals surface area contributed by atoms with E-state index in [1.165, 1.54) is 24.1 Å². The quantitative estimate of drug-likeness (QED) is 0.703. The van der Waals surface area contributed by atoms with E-state index < -0.39 is 36.5 Å². The van der Waals surface area contributed by atoms with Crippen LogP contribution in [0.1, 0.15) is 18.1 Å². The van der Waals surface area contributed by atoms with E-state index in [9.17, 15) is 23.2 Å². The number of benzene rings is 2. The van der Waals surface area contributed by atoms with Crippen LogP contribution in [0.15, 0.2) is 54.6 Å². The number of ether oxygens (including phenoxy) is 1. The molecule has 30 heavy (non-hydrogen) atoms. The molecule has 3 rings (SSSR count). The summed E-state index contributed by atoms with van der Waals surface area (Å²) >= 11 is 0. The van der Waals surface area contributed by atoms with Gasteiger partial charge >= 0.3 is 12.6 Å². The number of urea groups is 1. The van der Waals surface area contributed by atoms with E-state index in [0.29, 0.717) is 11.1 Å². The monoisotopic (exact) mass is 417 g/mol. The van der Waals surface area contributed by atoms with E-state index in [4.69, 9.17) is 0 Å². The van der Waals surface area contributed by atoms with E-state index in [1.807, 2.05) is 0 Å². The summed E-state index contributed by atoms with van der Waals surface area (Å²) < 4.78 is 28.7. The molecule has 2 aromatic carbocycles. The molecule has 1 atom stereocenters. The van der Waals surface area contributed by atoms with E-state index >= 15 is 0 Å². The van der Waals surface area contributed by atoms with Crippen LogP contribution < -0.4 is 10.1 Å².